The summed E-state index contributed by atoms with van der Waals surface area (Å²) in [5.74, 6) is 0. The first-order valence-electron chi connectivity index (χ1n) is 32.9. The zero-order valence-electron chi connectivity index (χ0n) is 53.7. The van der Waals surface area contributed by atoms with Gasteiger partial charge in [0.25, 0.3) is 0 Å². The molecule has 0 spiro atoms. The molecule has 0 aliphatic carbocycles. The molecule has 15 heteroatoms. The van der Waals surface area contributed by atoms with Crippen molar-refractivity contribution in [2.75, 3.05) is 153 Å². The standard InChI is InChI=1S/C13H26O2.C12H24O3.C11H22O3.C11H22O2.C10H20O2.C8H16O3/c1-3-4-5-6-7-8-9-10-14-11-13(2)12-15-13;1-13-8-6-4-2-3-5-7-9-14-10-12-11-15-12;1-11(10-14-11)9-13-8-6-4-3-5-7-12-2;1-3-5-6-7-8-12-9-11(4-2)10-13-11;1-2-3-4-5-6-7-8-11-10-9-12-10;1-9-4-2-3-5-10-6-8-7-11-8/h3-12H2,1-2H3;12H,2-11H2,1H3;3-10H2,1-2H3;3-10H2,1-2H3;10H,2-9H2,1H3;8H,2-7H2,1H3. The average molecular weight is 1150 g/mol. The van der Waals surface area contributed by atoms with Crippen LogP contribution in [0.15, 0.2) is 0 Å². The Bertz CT molecular complexity index is 1230. The van der Waals surface area contributed by atoms with Crippen LogP contribution in [0.25, 0.3) is 0 Å². The van der Waals surface area contributed by atoms with E-state index < -0.39 is 0 Å². The van der Waals surface area contributed by atoms with Crippen LogP contribution in [-0.2, 0) is 71.1 Å². The molecule has 6 aliphatic heterocycles. The van der Waals surface area contributed by atoms with Crippen LogP contribution in [0, 0.1) is 0 Å². The molecule has 480 valence electrons. The van der Waals surface area contributed by atoms with Crippen molar-refractivity contribution in [2.45, 2.75) is 269 Å². The number of hydrogen-bond acceptors (Lipinski definition) is 15. The number of methoxy groups -OCH3 is 3. The lowest BCUT2D eigenvalue weighted by Gasteiger charge is -2.09. The van der Waals surface area contributed by atoms with Gasteiger partial charge < -0.3 is 71.1 Å². The van der Waals surface area contributed by atoms with Gasteiger partial charge in [-0.05, 0) is 78.1 Å². The lowest BCUT2D eigenvalue weighted by Crippen LogP contribution is -2.18. The van der Waals surface area contributed by atoms with Gasteiger partial charge >= 0.3 is 0 Å². The summed E-state index contributed by atoms with van der Waals surface area (Å²) in [6.07, 6.45) is 39.2. The zero-order valence-corrected chi connectivity index (χ0v) is 53.7. The second-order valence-corrected chi connectivity index (χ2v) is 23.3. The predicted octanol–water partition coefficient (Wildman–Crippen LogP) is 14.2. The topological polar surface area (TPSA) is 158 Å². The van der Waals surface area contributed by atoms with E-state index in [4.69, 9.17) is 71.1 Å². The van der Waals surface area contributed by atoms with Gasteiger partial charge in [0, 0.05) is 80.8 Å². The summed E-state index contributed by atoms with van der Waals surface area (Å²) in [4.78, 5) is 0. The quantitative estimate of drug-likeness (QED) is 0.0418. The first-order chi connectivity index (χ1) is 39.2. The van der Waals surface area contributed by atoms with E-state index in [1.807, 2.05) is 0 Å². The molecule has 0 aromatic carbocycles. The van der Waals surface area contributed by atoms with Gasteiger partial charge in [0.2, 0.25) is 0 Å². The maximum Gasteiger partial charge on any atom is 0.181 e. The first-order valence-corrected chi connectivity index (χ1v) is 32.9. The molecule has 6 atom stereocenters. The fourth-order valence-electron chi connectivity index (χ4n) is 7.93. The van der Waals surface area contributed by atoms with E-state index in [1.54, 1.807) is 21.3 Å². The van der Waals surface area contributed by atoms with Gasteiger partial charge in [-0.1, -0.05) is 156 Å². The molecule has 0 amide bonds. The summed E-state index contributed by atoms with van der Waals surface area (Å²) >= 11 is 0. The Labute approximate surface area is 492 Å². The molecule has 6 aliphatic rings. The molecule has 6 fully saturated rings. The summed E-state index contributed by atoms with van der Waals surface area (Å²) in [6, 6.07) is 0. The lowest BCUT2D eigenvalue weighted by molar-refractivity contribution is 0.0478. The van der Waals surface area contributed by atoms with E-state index in [0.717, 1.165) is 164 Å². The fraction of sp³-hybridized carbons (Fsp3) is 1.00. The van der Waals surface area contributed by atoms with E-state index >= 15 is 0 Å². The maximum atomic E-state index is 5.57. The highest BCUT2D eigenvalue weighted by atomic mass is 16.8. The van der Waals surface area contributed by atoms with E-state index in [-0.39, 0.29) is 23.1 Å². The molecule has 0 saturated carbocycles. The first kappa shape index (κ1) is 77.4. The highest BCUT2D eigenvalue weighted by Gasteiger charge is 2.43. The minimum atomic E-state index is 0.0516. The van der Waals surface area contributed by atoms with Crippen LogP contribution >= 0.6 is 0 Å². The molecular formula is C65H130O15. The number of ether oxygens (including phenoxy) is 15. The molecule has 80 heavy (non-hydrogen) atoms. The van der Waals surface area contributed by atoms with E-state index in [2.05, 4.69) is 41.5 Å². The van der Waals surface area contributed by atoms with Crippen LogP contribution in [0.1, 0.15) is 234 Å². The molecule has 0 N–H and O–H groups in total. The van der Waals surface area contributed by atoms with Crippen LogP contribution in [-0.4, -0.2) is 189 Å². The van der Waals surface area contributed by atoms with E-state index in [1.165, 1.54) is 161 Å². The van der Waals surface area contributed by atoms with E-state index in [9.17, 15) is 0 Å². The number of unbranched alkanes of at least 4 members (excludes halogenated alkanes) is 23. The second kappa shape index (κ2) is 56.2. The second-order valence-electron chi connectivity index (χ2n) is 23.3. The van der Waals surface area contributed by atoms with Crippen molar-refractivity contribution in [2.24, 2.45) is 0 Å². The molecular weight excluding hydrogens is 1020 g/mol. The Morgan fingerprint density at radius 1 is 0.338 bits per heavy atom. The Kier molecular flexibility index (Phi) is 54.4. The third-order valence-corrected chi connectivity index (χ3v) is 14.4. The van der Waals surface area contributed by atoms with Gasteiger partial charge in [-0.15, -0.1) is 0 Å². The molecule has 6 rings (SSSR count). The summed E-state index contributed by atoms with van der Waals surface area (Å²) in [5.41, 5.74) is 0.238. The molecule has 0 aromatic heterocycles. The third-order valence-electron chi connectivity index (χ3n) is 14.4. The zero-order chi connectivity index (χ0) is 58.2. The van der Waals surface area contributed by atoms with Crippen molar-refractivity contribution in [1.82, 2.24) is 0 Å². The van der Waals surface area contributed by atoms with Crippen molar-refractivity contribution < 1.29 is 71.1 Å². The molecule has 0 radical (unpaired) electrons. The smallest absolute Gasteiger partial charge is 0.181 e. The third kappa shape index (κ3) is 59.1. The normalized spacial score (nSPS) is 23.1. The predicted molar refractivity (Wildman–Crippen MR) is 323 cm³/mol. The highest BCUT2D eigenvalue weighted by Crippen LogP contribution is 2.31. The molecule has 6 saturated heterocycles. The van der Waals surface area contributed by atoms with E-state index in [0.29, 0.717) is 12.2 Å². The Balaban J connectivity index is 0.000000481. The lowest BCUT2D eigenvalue weighted by atomic mass is 10.1. The van der Waals surface area contributed by atoms with Gasteiger partial charge in [0.05, 0.1) is 66.1 Å². The van der Waals surface area contributed by atoms with Crippen molar-refractivity contribution in [3.8, 4) is 0 Å². The number of epoxide rings is 6. The minimum absolute atomic E-state index is 0.0516. The Morgan fingerprint density at radius 2 is 0.625 bits per heavy atom. The Morgan fingerprint density at radius 3 is 0.938 bits per heavy atom. The molecule has 0 bridgehead atoms. The van der Waals surface area contributed by atoms with Gasteiger partial charge in [-0.2, -0.15) is 0 Å². The summed E-state index contributed by atoms with van der Waals surface area (Å²) in [7, 11) is 5.24. The van der Waals surface area contributed by atoms with Crippen LogP contribution in [0.4, 0.5) is 0 Å². The number of hydrogen-bond donors (Lipinski definition) is 0. The molecule has 0 aromatic rings. The van der Waals surface area contributed by atoms with Crippen LogP contribution in [0.3, 0.4) is 0 Å². The largest absolute Gasteiger partial charge is 0.385 e. The van der Waals surface area contributed by atoms with Crippen LogP contribution in [0.5, 0.6) is 0 Å². The van der Waals surface area contributed by atoms with Gasteiger partial charge in [0.15, 0.2) is 6.29 Å². The maximum absolute atomic E-state index is 5.57. The van der Waals surface area contributed by atoms with Crippen LogP contribution < -0.4 is 0 Å². The fourth-order valence-corrected chi connectivity index (χ4v) is 7.93. The van der Waals surface area contributed by atoms with Crippen molar-refractivity contribution in [3.05, 3.63) is 0 Å². The Hall–Kier alpha value is -0.600. The van der Waals surface area contributed by atoms with Crippen molar-refractivity contribution >= 4 is 0 Å². The SMILES string of the molecule is CCCCCCCCCOCC1(C)CO1.CCCCCCCCOC1CO1.CCCCCCOCC1(CC)CO1.COCCCCCCCCOCC1CO1.COCCCCCCOCC1(C)CO1.COCCCCOCC1CO1. The molecule has 6 unspecified atom stereocenters. The summed E-state index contributed by atoms with van der Waals surface area (Å²) < 4.78 is 78.4. The van der Waals surface area contributed by atoms with Gasteiger partial charge in [0.1, 0.15) is 35.6 Å². The highest BCUT2D eigenvalue weighted by molar-refractivity contribution is 4.90. The number of rotatable bonds is 53. The van der Waals surface area contributed by atoms with Crippen molar-refractivity contribution in [3.63, 3.8) is 0 Å². The van der Waals surface area contributed by atoms with Gasteiger partial charge in [-0.25, -0.2) is 0 Å². The molecule has 15 nitrogen and oxygen atoms in total. The average Bonchev–Trinajstić information content (AvgIpc) is 4.31. The minimum Gasteiger partial charge on any atom is -0.385 e. The summed E-state index contributed by atoms with van der Waals surface area (Å²) in [5, 5.41) is 0. The monoisotopic (exact) mass is 1150 g/mol. The summed E-state index contributed by atoms with van der Waals surface area (Å²) in [6.45, 7) is 30.2. The van der Waals surface area contributed by atoms with Gasteiger partial charge in [-0.3, -0.25) is 0 Å². The van der Waals surface area contributed by atoms with Crippen molar-refractivity contribution in [1.29, 1.82) is 0 Å². The molecule has 6 heterocycles. The van der Waals surface area contributed by atoms with Crippen LogP contribution in [0.2, 0.25) is 0 Å².